The molecule has 35 heavy (non-hydrogen) atoms. The summed E-state index contributed by atoms with van der Waals surface area (Å²) in [7, 11) is 0. The van der Waals surface area contributed by atoms with E-state index in [2.05, 4.69) is 32.7 Å². The normalized spacial score (nSPS) is 15.9. The number of halogens is 1. The second-order valence-corrected chi connectivity index (χ2v) is 10.1. The van der Waals surface area contributed by atoms with Crippen molar-refractivity contribution >= 4 is 22.7 Å². The van der Waals surface area contributed by atoms with E-state index in [0.717, 1.165) is 43.7 Å². The number of rotatable bonds is 6. The van der Waals surface area contributed by atoms with Crippen molar-refractivity contribution in [1.82, 2.24) is 29.6 Å². The van der Waals surface area contributed by atoms with Crippen LogP contribution in [0.3, 0.4) is 0 Å². The summed E-state index contributed by atoms with van der Waals surface area (Å²) in [6.45, 7) is 4.94. The molecule has 180 valence electrons. The Bertz CT molecular complexity index is 1490. The lowest BCUT2D eigenvalue weighted by Gasteiger charge is -2.21. The van der Waals surface area contributed by atoms with E-state index < -0.39 is 12.1 Å². The Morgan fingerprint density at radius 3 is 2.83 bits per heavy atom. The van der Waals surface area contributed by atoms with E-state index in [1.54, 1.807) is 17.1 Å². The van der Waals surface area contributed by atoms with Crippen LogP contribution in [0, 0.1) is 0 Å². The molecule has 1 fully saturated rings. The molecular weight excluding hydrogens is 445 g/mol. The number of nitrogens with zero attached hydrogens (tertiary/aromatic N) is 5. The van der Waals surface area contributed by atoms with Crippen molar-refractivity contribution < 1.29 is 4.39 Å². The van der Waals surface area contributed by atoms with Gasteiger partial charge in [0.1, 0.15) is 12.1 Å². The molecule has 2 aliphatic rings. The van der Waals surface area contributed by atoms with E-state index >= 15 is 0 Å². The molecule has 6 rings (SSSR count). The van der Waals surface area contributed by atoms with E-state index in [-0.39, 0.29) is 11.6 Å². The number of hydrogen-bond acceptors (Lipinski definition) is 6. The van der Waals surface area contributed by atoms with Gasteiger partial charge >= 0.3 is 0 Å². The summed E-state index contributed by atoms with van der Waals surface area (Å²) in [4.78, 5) is 27.0. The van der Waals surface area contributed by atoms with Gasteiger partial charge in [0.05, 0.1) is 17.4 Å². The van der Waals surface area contributed by atoms with E-state index in [1.165, 1.54) is 11.1 Å². The lowest BCUT2D eigenvalue weighted by atomic mass is 9.90. The van der Waals surface area contributed by atoms with Gasteiger partial charge in [0.25, 0.3) is 5.56 Å². The molecule has 4 aromatic rings. The number of hydrogen-bond donors (Lipinski definition) is 2. The summed E-state index contributed by atoms with van der Waals surface area (Å²) in [6.07, 6.45) is 6.15. The van der Waals surface area contributed by atoms with Gasteiger partial charge in [-0.25, -0.2) is 14.3 Å². The third-order valence-electron chi connectivity index (χ3n) is 6.88. The summed E-state index contributed by atoms with van der Waals surface area (Å²) in [6, 6.07) is 10.1. The maximum Gasteiger partial charge on any atom is 0.278 e. The number of alkyl halides is 1. The number of benzene rings is 1. The zero-order valence-electron chi connectivity index (χ0n) is 19.9. The Hall–Kier alpha value is -3.59. The molecule has 2 N–H and O–H groups in total. The highest BCUT2D eigenvalue weighted by Crippen LogP contribution is 2.36. The number of pyridine rings is 1. The van der Waals surface area contributed by atoms with Crippen molar-refractivity contribution in [2.24, 2.45) is 0 Å². The summed E-state index contributed by atoms with van der Waals surface area (Å²) in [5, 5.41) is 7.16. The minimum atomic E-state index is -0.729. The summed E-state index contributed by atoms with van der Waals surface area (Å²) < 4.78 is 17.3. The lowest BCUT2D eigenvalue weighted by molar-refractivity contribution is 0.344. The van der Waals surface area contributed by atoms with Crippen LogP contribution in [-0.2, 0) is 18.4 Å². The van der Waals surface area contributed by atoms with Crippen LogP contribution in [0.1, 0.15) is 49.6 Å². The van der Waals surface area contributed by atoms with Crippen LogP contribution in [0.2, 0.25) is 0 Å². The SMILES string of the molecule is CC(C)(CF)c1cc(-n2c3nc(Nc4ccc5c(c4)CNCC5)ncc3c(=O)n2C2CC2)ccn1. The molecule has 1 aliphatic heterocycles. The monoisotopic (exact) mass is 473 g/mol. The van der Waals surface area contributed by atoms with Crippen molar-refractivity contribution in [1.29, 1.82) is 0 Å². The van der Waals surface area contributed by atoms with Gasteiger partial charge in [0, 0.05) is 30.0 Å². The van der Waals surface area contributed by atoms with Gasteiger partial charge in [-0.1, -0.05) is 19.9 Å². The van der Waals surface area contributed by atoms with Crippen molar-refractivity contribution in [2.45, 2.75) is 51.1 Å². The molecule has 0 atom stereocenters. The molecule has 8 nitrogen and oxygen atoms in total. The highest BCUT2D eigenvalue weighted by Gasteiger charge is 2.31. The zero-order chi connectivity index (χ0) is 24.2. The Morgan fingerprint density at radius 1 is 1.17 bits per heavy atom. The fourth-order valence-electron chi connectivity index (χ4n) is 4.63. The van der Waals surface area contributed by atoms with Gasteiger partial charge in [0.2, 0.25) is 5.95 Å². The van der Waals surface area contributed by atoms with Crippen molar-refractivity contribution in [3.05, 3.63) is 69.9 Å². The predicted octanol–water partition coefficient (Wildman–Crippen LogP) is 3.95. The van der Waals surface area contributed by atoms with Crippen LogP contribution in [-0.4, -0.2) is 37.5 Å². The first kappa shape index (κ1) is 21.9. The molecule has 0 saturated heterocycles. The topological polar surface area (TPSA) is 89.7 Å². The molecule has 0 amide bonds. The van der Waals surface area contributed by atoms with Crippen LogP contribution >= 0.6 is 0 Å². The number of nitrogens with one attached hydrogen (secondary N) is 2. The molecule has 0 radical (unpaired) electrons. The number of anilines is 2. The molecule has 1 saturated carbocycles. The molecule has 0 spiro atoms. The Morgan fingerprint density at radius 2 is 2.03 bits per heavy atom. The largest absolute Gasteiger partial charge is 0.324 e. The predicted molar refractivity (Wildman–Crippen MR) is 133 cm³/mol. The lowest BCUT2D eigenvalue weighted by Crippen LogP contribution is -2.23. The van der Waals surface area contributed by atoms with Gasteiger partial charge in [0.15, 0.2) is 5.65 Å². The van der Waals surface area contributed by atoms with Crippen LogP contribution < -0.4 is 16.2 Å². The van der Waals surface area contributed by atoms with E-state index in [4.69, 9.17) is 4.98 Å². The molecule has 3 aromatic heterocycles. The fourth-order valence-corrected chi connectivity index (χ4v) is 4.63. The molecule has 4 heterocycles. The van der Waals surface area contributed by atoms with Gasteiger partial charge in [-0.05, 0) is 61.2 Å². The first-order chi connectivity index (χ1) is 16.9. The second-order valence-electron chi connectivity index (χ2n) is 10.1. The van der Waals surface area contributed by atoms with Gasteiger partial charge in [-0.2, -0.15) is 4.98 Å². The summed E-state index contributed by atoms with van der Waals surface area (Å²) in [5.74, 6) is 0.418. The maximum absolute atomic E-state index is 13.7. The molecule has 9 heteroatoms. The zero-order valence-corrected chi connectivity index (χ0v) is 19.9. The van der Waals surface area contributed by atoms with Crippen LogP contribution in [0.15, 0.2) is 47.5 Å². The van der Waals surface area contributed by atoms with Crippen molar-refractivity contribution in [2.75, 3.05) is 18.5 Å². The van der Waals surface area contributed by atoms with Crippen molar-refractivity contribution in [3.63, 3.8) is 0 Å². The Labute approximate surface area is 202 Å². The average Bonchev–Trinajstić information content (AvgIpc) is 3.68. The highest BCUT2D eigenvalue weighted by molar-refractivity contribution is 5.77. The minimum Gasteiger partial charge on any atom is -0.324 e. The van der Waals surface area contributed by atoms with Crippen LogP contribution in [0.5, 0.6) is 0 Å². The fraction of sp³-hybridized carbons (Fsp3) is 0.385. The quantitative estimate of drug-likeness (QED) is 0.441. The third-order valence-corrected chi connectivity index (χ3v) is 6.88. The number of fused-ring (bicyclic) bond motifs is 2. The first-order valence-electron chi connectivity index (χ1n) is 12.1. The molecule has 0 bridgehead atoms. The first-order valence-corrected chi connectivity index (χ1v) is 12.1. The van der Waals surface area contributed by atoms with Crippen LogP contribution in [0.4, 0.5) is 16.0 Å². The van der Waals surface area contributed by atoms with Crippen molar-refractivity contribution in [3.8, 4) is 5.69 Å². The van der Waals surface area contributed by atoms with E-state index in [1.807, 2.05) is 36.7 Å². The van der Waals surface area contributed by atoms with Gasteiger partial charge in [-0.15, -0.1) is 0 Å². The summed E-state index contributed by atoms with van der Waals surface area (Å²) in [5.41, 5.74) is 4.56. The molecule has 0 unspecified atom stereocenters. The average molecular weight is 474 g/mol. The molecular formula is C26H28FN7O. The third kappa shape index (κ3) is 3.89. The van der Waals surface area contributed by atoms with E-state index in [9.17, 15) is 9.18 Å². The summed E-state index contributed by atoms with van der Waals surface area (Å²) >= 11 is 0. The Balaban J connectivity index is 1.46. The standard InChI is InChI=1S/C26H28FN7O/c1-26(2,15-27)22-12-20(8-10-29-22)33-23-21(24(35)34(33)19-5-6-19)14-30-25(32-23)31-18-4-3-16-7-9-28-13-17(16)11-18/h3-4,8,10-12,14,19,28H,5-7,9,13,15H2,1-2H3,(H,30,31,32). The Kier molecular flexibility index (Phi) is 5.17. The smallest absolute Gasteiger partial charge is 0.278 e. The maximum atomic E-state index is 13.7. The minimum absolute atomic E-state index is 0.114. The van der Waals surface area contributed by atoms with Gasteiger partial charge < -0.3 is 10.6 Å². The van der Waals surface area contributed by atoms with Gasteiger partial charge in [-0.3, -0.25) is 14.2 Å². The molecule has 1 aliphatic carbocycles. The number of aromatic nitrogens is 5. The molecule has 1 aromatic carbocycles. The highest BCUT2D eigenvalue weighted by atomic mass is 19.1. The van der Waals surface area contributed by atoms with E-state index in [0.29, 0.717) is 22.7 Å². The van der Waals surface area contributed by atoms with Crippen LogP contribution in [0.25, 0.3) is 16.7 Å². The second kappa shape index (κ2) is 8.27.